The molecule has 0 aromatic heterocycles. The van der Waals surface area contributed by atoms with Gasteiger partial charge in [0.15, 0.2) is 0 Å². The molecular formula is C23H21P. The molecule has 0 saturated carbocycles. The second-order valence-corrected chi connectivity index (χ2v) is 7.51. The van der Waals surface area contributed by atoms with Crippen LogP contribution in [0.2, 0.25) is 0 Å². The molecule has 1 aliphatic heterocycles. The quantitative estimate of drug-likeness (QED) is 0.406. The van der Waals surface area contributed by atoms with E-state index in [9.17, 15) is 0 Å². The summed E-state index contributed by atoms with van der Waals surface area (Å²) in [6.07, 6.45) is 2.34. The smallest absolute Gasteiger partial charge is 0.00642 e. The third-order valence-corrected chi connectivity index (χ3v) is 5.96. The zero-order valence-electron chi connectivity index (χ0n) is 13.9. The number of hydrogen-bond acceptors (Lipinski definition) is 0. The topological polar surface area (TPSA) is 0 Å². The molecule has 24 heavy (non-hydrogen) atoms. The van der Waals surface area contributed by atoms with Crippen molar-refractivity contribution in [3.05, 3.63) is 95.6 Å². The van der Waals surface area contributed by atoms with Gasteiger partial charge in [-0.1, -0.05) is 78.9 Å². The third-order valence-electron chi connectivity index (χ3n) is 4.70. The summed E-state index contributed by atoms with van der Waals surface area (Å²) in [7, 11) is 0.945. The lowest BCUT2D eigenvalue weighted by Gasteiger charge is -2.14. The van der Waals surface area contributed by atoms with Crippen molar-refractivity contribution in [2.45, 2.75) is 19.2 Å². The van der Waals surface area contributed by atoms with E-state index in [2.05, 4.69) is 85.8 Å². The molecule has 4 rings (SSSR count). The second-order valence-electron chi connectivity index (χ2n) is 6.30. The minimum atomic E-state index is 0.945. The van der Waals surface area contributed by atoms with Gasteiger partial charge in [-0.15, -0.1) is 8.58 Å². The first-order valence-corrected chi connectivity index (χ1v) is 9.89. The van der Waals surface area contributed by atoms with Crippen LogP contribution in [0.1, 0.15) is 16.7 Å². The van der Waals surface area contributed by atoms with Gasteiger partial charge >= 0.3 is 0 Å². The van der Waals surface area contributed by atoms with Crippen molar-refractivity contribution in [1.29, 1.82) is 0 Å². The van der Waals surface area contributed by atoms with E-state index in [4.69, 9.17) is 0 Å². The van der Waals surface area contributed by atoms with E-state index in [0.717, 1.165) is 14.7 Å². The maximum atomic E-state index is 2.34. The summed E-state index contributed by atoms with van der Waals surface area (Å²) < 4.78 is 0. The number of rotatable bonds is 0. The lowest BCUT2D eigenvalue weighted by molar-refractivity contribution is 1.38. The molecule has 0 spiro atoms. The Labute approximate surface area is 145 Å². The molecule has 1 heteroatoms. The van der Waals surface area contributed by atoms with Gasteiger partial charge in [0, 0.05) is 0 Å². The number of fused-ring (bicyclic) bond motifs is 5. The number of benzene rings is 2. The monoisotopic (exact) mass is 328 g/mol. The van der Waals surface area contributed by atoms with Crippen molar-refractivity contribution in [1.82, 2.24) is 0 Å². The molecule has 1 heterocycles. The fourth-order valence-electron chi connectivity index (χ4n) is 3.58. The van der Waals surface area contributed by atoms with Gasteiger partial charge in [-0.3, -0.25) is 0 Å². The Morgan fingerprint density at radius 2 is 1.29 bits per heavy atom. The Hall–Kier alpha value is -2.17. The molecule has 0 amide bonds. The van der Waals surface area contributed by atoms with Crippen LogP contribution < -0.4 is 0 Å². The zero-order valence-corrected chi connectivity index (χ0v) is 14.9. The predicted molar refractivity (Wildman–Crippen MR) is 107 cm³/mol. The highest BCUT2D eigenvalue weighted by atomic mass is 31.1. The first-order chi connectivity index (χ1) is 11.8. The van der Waals surface area contributed by atoms with E-state index in [0.29, 0.717) is 0 Å². The van der Waals surface area contributed by atoms with Crippen molar-refractivity contribution in [3.8, 4) is 11.1 Å². The van der Waals surface area contributed by atoms with E-state index in [-0.39, 0.29) is 0 Å². The van der Waals surface area contributed by atoms with Crippen LogP contribution in [0.5, 0.6) is 0 Å². The highest BCUT2D eigenvalue weighted by molar-refractivity contribution is 7.36. The van der Waals surface area contributed by atoms with Crippen LogP contribution >= 0.6 is 8.58 Å². The Balaban J connectivity index is 2.17. The maximum absolute atomic E-state index is 2.34. The number of hydrogen-bond donors (Lipinski definition) is 0. The van der Waals surface area contributed by atoms with Crippen LogP contribution in [0, 0.1) is 6.92 Å². The van der Waals surface area contributed by atoms with Crippen LogP contribution in [0.15, 0.2) is 78.9 Å². The van der Waals surface area contributed by atoms with Crippen LogP contribution in [-0.4, -0.2) is 0 Å². The molecule has 1 atom stereocenters. The normalized spacial score (nSPS) is 13.7. The Morgan fingerprint density at radius 3 is 2.17 bits per heavy atom. The summed E-state index contributed by atoms with van der Waals surface area (Å²) in [5, 5.41) is 2.71. The first-order valence-electron chi connectivity index (χ1n) is 8.48. The summed E-state index contributed by atoms with van der Waals surface area (Å²) in [5.41, 5.74) is 7.20. The third kappa shape index (κ3) is 2.83. The summed E-state index contributed by atoms with van der Waals surface area (Å²) in [6.45, 7) is 2.25. The zero-order chi connectivity index (χ0) is 16.4. The van der Waals surface area contributed by atoms with Crippen LogP contribution in [-0.2, 0) is 12.3 Å². The van der Waals surface area contributed by atoms with Crippen molar-refractivity contribution < 1.29 is 0 Å². The van der Waals surface area contributed by atoms with Gasteiger partial charge in [0.05, 0.1) is 0 Å². The molecule has 0 N–H and O–H groups in total. The average Bonchev–Trinajstić information content (AvgIpc) is 2.80. The molecule has 0 bridgehead atoms. The van der Waals surface area contributed by atoms with E-state index < -0.39 is 0 Å². The van der Waals surface area contributed by atoms with Crippen molar-refractivity contribution in [3.63, 3.8) is 0 Å². The number of aryl methyl sites for hydroxylation is 1. The molecule has 1 unspecified atom stereocenters. The summed E-state index contributed by atoms with van der Waals surface area (Å²) in [5.74, 6) is 0. The van der Waals surface area contributed by atoms with Gasteiger partial charge < -0.3 is 0 Å². The summed E-state index contributed by atoms with van der Waals surface area (Å²) in [6, 6.07) is 28.6. The molecule has 3 aromatic carbocycles. The van der Waals surface area contributed by atoms with Gasteiger partial charge in [0.2, 0.25) is 0 Å². The average molecular weight is 328 g/mol. The first kappa shape index (κ1) is 15.4. The summed E-state index contributed by atoms with van der Waals surface area (Å²) >= 11 is 0. The highest BCUT2D eigenvalue weighted by Gasteiger charge is 2.17. The Morgan fingerprint density at radius 1 is 0.625 bits per heavy atom. The molecule has 0 aliphatic carbocycles. The summed E-state index contributed by atoms with van der Waals surface area (Å²) in [4.78, 5) is 0. The molecule has 0 fully saturated rings. The van der Waals surface area contributed by atoms with Crippen LogP contribution in [0.3, 0.4) is 0 Å². The van der Waals surface area contributed by atoms with Crippen molar-refractivity contribution in [2.75, 3.05) is 0 Å². The van der Waals surface area contributed by atoms with Gasteiger partial charge in [-0.2, -0.15) is 0 Å². The minimum absolute atomic E-state index is 0.945. The lowest BCUT2D eigenvalue weighted by Crippen LogP contribution is -1.91. The fraction of sp³-hybridized carbons (Fsp3) is 0.130. The molecule has 0 saturated heterocycles. The molecular weight excluding hydrogens is 307 g/mol. The minimum Gasteiger partial charge on any atom is -0.113 e. The fourth-order valence-corrected chi connectivity index (χ4v) is 4.83. The Bertz CT molecular complexity index is 955. The molecule has 3 aromatic rings. The SMILES string of the molecule is Cc1cccccccc2c1-c1c(ccc3ccccc13)CPC2. The van der Waals surface area contributed by atoms with Gasteiger partial charge in [-0.05, 0) is 57.8 Å². The second kappa shape index (κ2) is 6.75. The van der Waals surface area contributed by atoms with Gasteiger partial charge in [0.25, 0.3) is 0 Å². The van der Waals surface area contributed by atoms with Gasteiger partial charge in [0.1, 0.15) is 0 Å². The van der Waals surface area contributed by atoms with Gasteiger partial charge in [-0.25, -0.2) is 0 Å². The van der Waals surface area contributed by atoms with Crippen molar-refractivity contribution >= 4 is 19.4 Å². The highest BCUT2D eigenvalue weighted by Crippen LogP contribution is 2.43. The lowest BCUT2D eigenvalue weighted by atomic mass is 9.90. The van der Waals surface area contributed by atoms with Crippen LogP contribution in [0.25, 0.3) is 21.9 Å². The maximum Gasteiger partial charge on any atom is -0.00642 e. The van der Waals surface area contributed by atoms with E-state index >= 15 is 0 Å². The van der Waals surface area contributed by atoms with Crippen LogP contribution in [0.4, 0.5) is 0 Å². The largest absolute Gasteiger partial charge is 0.113 e. The van der Waals surface area contributed by atoms with E-state index in [1.54, 1.807) is 0 Å². The van der Waals surface area contributed by atoms with E-state index in [1.807, 2.05) is 0 Å². The molecule has 0 radical (unpaired) electrons. The van der Waals surface area contributed by atoms with E-state index in [1.165, 1.54) is 44.8 Å². The molecule has 118 valence electrons. The molecule has 1 aliphatic rings. The van der Waals surface area contributed by atoms with Crippen molar-refractivity contribution in [2.24, 2.45) is 0 Å². The predicted octanol–water partition coefficient (Wildman–Crippen LogP) is 6.63. The molecule has 0 nitrogen and oxygen atoms in total. The Kier molecular flexibility index (Phi) is 4.32. The standard InChI is InChI=1S/C23H21P/c1-17-9-5-3-2-4-6-11-19-15-24-16-20-14-13-18-10-7-8-12-21(18)23(20)22(17)19/h2-14,24H,15-16H2,1H3.